The first kappa shape index (κ1) is 30.5. The third-order valence-corrected chi connectivity index (χ3v) is 9.65. The van der Waals surface area contributed by atoms with Crippen molar-refractivity contribution in [2.45, 2.75) is 70.6 Å². The highest BCUT2D eigenvalue weighted by atomic mass is 79.9. The van der Waals surface area contributed by atoms with Crippen molar-refractivity contribution < 1.29 is 18.7 Å². The molecule has 3 aromatic carbocycles. The van der Waals surface area contributed by atoms with Crippen LogP contribution in [0.5, 0.6) is 5.75 Å². The van der Waals surface area contributed by atoms with Crippen LogP contribution in [0.25, 0.3) is 5.57 Å². The summed E-state index contributed by atoms with van der Waals surface area (Å²) in [5.41, 5.74) is 6.50. The molecule has 2 amide bonds. The monoisotopic (exact) mass is 659 g/mol. The molecule has 230 valence electrons. The Morgan fingerprint density at radius 2 is 1.84 bits per heavy atom. The van der Waals surface area contributed by atoms with E-state index in [1.54, 1.807) is 13.0 Å². The second-order valence-corrected chi connectivity index (χ2v) is 13.1. The fourth-order valence-electron chi connectivity index (χ4n) is 6.42. The lowest BCUT2D eigenvalue weighted by molar-refractivity contribution is -0.132. The van der Waals surface area contributed by atoms with Gasteiger partial charge < -0.3 is 19.9 Å². The van der Waals surface area contributed by atoms with Crippen LogP contribution in [0.1, 0.15) is 54.9 Å². The number of halogens is 2. The zero-order valence-electron chi connectivity index (χ0n) is 25.3. The Hall–Kier alpha value is -3.49. The van der Waals surface area contributed by atoms with Gasteiger partial charge in [-0.3, -0.25) is 9.59 Å². The van der Waals surface area contributed by atoms with Crippen LogP contribution in [0.4, 0.5) is 4.39 Å². The van der Waals surface area contributed by atoms with Crippen LogP contribution in [-0.4, -0.2) is 59.4 Å². The second-order valence-electron chi connectivity index (χ2n) is 12.3. The number of carbonyl (C=O) groups is 2. The number of carbonyl (C=O) groups excluding carboxylic acids is 2. The zero-order chi connectivity index (χ0) is 30.8. The van der Waals surface area contributed by atoms with Crippen molar-refractivity contribution in [2.75, 3.05) is 19.7 Å². The number of fused-ring (bicyclic) bond motifs is 2. The fourth-order valence-corrected chi connectivity index (χ4v) is 6.78. The number of hydrogen-bond acceptors (Lipinski definition) is 4. The Bertz CT molecular complexity index is 1570. The molecule has 0 radical (unpaired) electrons. The summed E-state index contributed by atoms with van der Waals surface area (Å²) in [7, 11) is 0. The van der Waals surface area contributed by atoms with Gasteiger partial charge in [0.25, 0.3) is 5.91 Å². The predicted molar refractivity (Wildman–Crippen MR) is 174 cm³/mol. The van der Waals surface area contributed by atoms with E-state index in [1.165, 1.54) is 28.8 Å². The molecule has 6 rings (SSSR count). The van der Waals surface area contributed by atoms with Crippen molar-refractivity contribution in [1.29, 1.82) is 0 Å². The molecule has 1 aliphatic carbocycles. The number of ether oxygens (including phenoxy) is 1. The summed E-state index contributed by atoms with van der Waals surface area (Å²) in [5, 5.41) is 3.68. The Kier molecular flexibility index (Phi) is 9.19. The molecule has 6 nitrogen and oxygen atoms in total. The molecule has 2 aliphatic heterocycles. The molecule has 44 heavy (non-hydrogen) atoms. The minimum Gasteiger partial charge on any atom is -0.492 e. The number of piperazine rings is 1. The smallest absolute Gasteiger partial charge is 0.252 e. The van der Waals surface area contributed by atoms with Crippen molar-refractivity contribution in [1.82, 2.24) is 15.1 Å². The van der Waals surface area contributed by atoms with Crippen LogP contribution in [0.3, 0.4) is 0 Å². The van der Waals surface area contributed by atoms with Gasteiger partial charge in [0.05, 0.1) is 17.1 Å². The fraction of sp³-hybridized carbons (Fsp3) is 0.389. The molecule has 2 bridgehead atoms. The number of hydrogen-bond donors (Lipinski definition) is 1. The van der Waals surface area contributed by atoms with E-state index in [4.69, 9.17) is 4.74 Å². The van der Waals surface area contributed by atoms with E-state index in [1.807, 2.05) is 17.0 Å². The summed E-state index contributed by atoms with van der Waals surface area (Å²) in [4.78, 5) is 30.9. The molecule has 3 aromatic rings. The molecule has 2 heterocycles. The van der Waals surface area contributed by atoms with E-state index in [9.17, 15) is 14.0 Å². The molecule has 2 unspecified atom stereocenters. The summed E-state index contributed by atoms with van der Waals surface area (Å²) >= 11 is 3.41. The third-order valence-electron chi connectivity index (χ3n) is 8.99. The van der Waals surface area contributed by atoms with Crippen LogP contribution in [0.2, 0.25) is 0 Å². The molecular formula is C36H39BrFN3O3. The zero-order valence-corrected chi connectivity index (χ0v) is 26.9. The highest BCUT2D eigenvalue weighted by molar-refractivity contribution is 9.10. The average molecular weight is 661 g/mol. The maximum Gasteiger partial charge on any atom is 0.252 e. The van der Waals surface area contributed by atoms with Crippen molar-refractivity contribution in [3.8, 4) is 5.75 Å². The Labute approximate surface area is 267 Å². The molecule has 8 heteroatoms. The topological polar surface area (TPSA) is 61.9 Å². The average Bonchev–Trinajstić information content (AvgIpc) is 3.85. The third kappa shape index (κ3) is 6.92. The van der Waals surface area contributed by atoms with Crippen molar-refractivity contribution >= 4 is 33.3 Å². The molecule has 1 saturated carbocycles. The summed E-state index contributed by atoms with van der Waals surface area (Å²) in [6.07, 6.45) is 4.35. The van der Waals surface area contributed by atoms with Crippen molar-refractivity contribution in [2.24, 2.45) is 0 Å². The Morgan fingerprint density at radius 3 is 2.57 bits per heavy atom. The van der Waals surface area contributed by atoms with E-state index in [0.29, 0.717) is 38.4 Å². The normalized spacial score (nSPS) is 19.6. The molecule has 0 aromatic heterocycles. The number of amides is 2. The van der Waals surface area contributed by atoms with Gasteiger partial charge in [-0.25, -0.2) is 4.39 Å². The van der Waals surface area contributed by atoms with E-state index in [2.05, 4.69) is 69.5 Å². The molecule has 2 fully saturated rings. The lowest BCUT2D eigenvalue weighted by Gasteiger charge is -2.44. The van der Waals surface area contributed by atoms with Gasteiger partial charge in [-0.05, 0) is 94.9 Å². The van der Waals surface area contributed by atoms with Gasteiger partial charge in [-0.2, -0.15) is 0 Å². The number of nitrogens with zero attached hydrogens (tertiary/aromatic N) is 2. The van der Waals surface area contributed by atoms with Gasteiger partial charge in [0.2, 0.25) is 5.91 Å². The van der Waals surface area contributed by atoms with Gasteiger partial charge in [-0.15, -0.1) is 0 Å². The van der Waals surface area contributed by atoms with E-state index in [-0.39, 0.29) is 35.8 Å². The summed E-state index contributed by atoms with van der Waals surface area (Å²) in [5.74, 6) is 0.315. The lowest BCUT2D eigenvalue weighted by atomic mass is 9.82. The number of rotatable bonds is 10. The van der Waals surface area contributed by atoms with E-state index < -0.39 is 0 Å². The first-order valence-corrected chi connectivity index (χ1v) is 16.3. The van der Waals surface area contributed by atoms with Crippen LogP contribution in [0.15, 0.2) is 76.8 Å². The maximum absolute atomic E-state index is 14.5. The standard InChI is InChI=1S/C36H39BrFN3O3/c1-23-6-3-4-8-27(23)20-41(30-14-15-30)36(43)35-31(19-29-21-40(24(2)42)22-33(35)39-29)26-11-9-25(10-12-26)7-5-17-44-34-18-28(38)13-16-32(34)37/h3-4,6,8-13,16,18,29-30,33,39H,5,7,14-15,17,19-22H2,1-2H3. The van der Waals surface area contributed by atoms with Gasteiger partial charge in [0.1, 0.15) is 11.6 Å². The van der Waals surface area contributed by atoms with E-state index >= 15 is 0 Å². The van der Waals surface area contributed by atoms with Crippen LogP contribution in [0, 0.1) is 12.7 Å². The molecule has 2 atom stereocenters. The van der Waals surface area contributed by atoms with Gasteiger partial charge in [-0.1, -0.05) is 48.5 Å². The highest BCUT2D eigenvalue weighted by Crippen LogP contribution is 2.37. The minimum absolute atomic E-state index is 0.0498. The van der Waals surface area contributed by atoms with Gasteiger partial charge in [0, 0.05) is 50.3 Å². The predicted octanol–water partition coefficient (Wildman–Crippen LogP) is 6.45. The van der Waals surface area contributed by atoms with Crippen molar-refractivity contribution in [3.05, 3.63) is 105 Å². The van der Waals surface area contributed by atoms with Crippen LogP contribution < -0.4 is 10.1 Å². The molecule has 1 saturated heterocycles. The first-order valence-electron chi connectivity index (χ1n) is 15.5. The minimum atomic E-state index is -0.322. The first-order chi connectivity index (χ1) is 21.3. The van der Waals surface area contributed by atoms with Crippen molar-refractivity contribution in [3.63, 3.8) is 0 Å². The summed E-state index contributed by atoms with van der Waals surface area (Å²) < 4.78 is 20.1. The quantitative estimate of drug-likeness (QED) is 0.254. The molecule has 0 spiro atoms. The van der Waals surface area contributed by atoms with Crippen LogP contribution in [-0.2, 0) is 22.6 Å². The van der Waals surface area contributed by atoms with Crippen LogP contribution >= 0.6 is 15.9 Å². The molecule has 3 aliphatic rings. The number of aryl methyl sites for hydroxylation is 2. The van der Waals surface area contributed by atoms with Gasteiger partial charge >= 0.3 is 0 Å². The number of benzene rings is 3. The SMILES string of the molecule is CC(=O)N1CC2CC(c3ccc(CCCOc4cc(F)ccc4Br)cc3)=C(C(=O)N(Cc3ccccc3C)C3CC3)C(C1)N2. The summed E-state index contributed by atoms with van der Waals surface area (Å²) in [6.45, 7) is 5.93. The summed E-state index contributed by atoms with van der Waals surface area (Å²) in [6, 6.07) is 21.4. The maximum atomic E-state index is 14.5. The molecular weight excluding hydrogens is 621 g/mol. The second kappa shape index (κ2) is 13.2. The largest absolute Gasteiger partial charge is 0.492 e. The highest BCUT2D eigenvalue weighted by Gasteiger charge is 2.43. The Balaban J connectivity index is 1.23. The van der Waals surface area contributed by atoms with E-state index in [0.717, 1.165) is 46.9 Å². The van der Waals surface area contributed by atoms with Gasteiger partial charge in [0.15, 0.2) is 0 Å². The number of nitrogens with one attached hydrogen (secondary N) is 1. The lowest BCUT2D eigenvalue weighted by Crippen LogP contribution is -2.61. The Morgan fingerprint density at radius 1 is 1.07 bits per heavy atom. The molecule has 1 N–H and O–H groups in total.